The zero-order valence-corrected chi connectivity index (χ0v) is 9.02. The van der Waals surface area contributed by atoms with Crippen molar-refractivity contribution in [3.05, 3.63) is 42.0 Å². The molecule has 2 atom stereocenters. The summed E-state index contributed by atoms with van der Waals surface area (Å²) in [6, 6.07) is 10.4. The molecular weight excluding hydrogens is 184 g/mol. The minimum absolute atomic E-state index is 0.172. The molecule has 1 aromatic rings. The first-order valence-corrected chi connectivity index (χ1v) is 5.70. The van der Waals surface area contributed by atoms with Crippen molar-refractivity contribution < 1.29 is 4.74 Å². The van der Waals surface area contributed by atoms with Gasteiger partial charge in [0.1, 0.15) is 6.10 Å². The van der Waals surface area contributed by atoms with E-state index in [4.69, 9.17) is 4.74 Å². The van der Waals surface area contributed by atoms with E-state index >= 15 is 0 Å². The van der Waals surface area contributed by atoms with Crippen LogP contribution < -0.4 is 0 Å². The summed E-state index contributed by atoms with van der Waals surface area (Å²) in [5.74, 6) is 0.822. The molecule has 1 saturated heterocycles. The lowest BCUT2D eigenvalue weighted by molar-refractivity contribution is 0.290. The lowest BCUT2D eigenvalue weighted by atomic mass is 10.0. The van der Waals surface area contributed by atoms with Crippen LogP contribution in [0.1, 0.15) is 25.3 Å². The molecule has 0 N–H and O–H groups in total. The molecule has 1 aromatic carbocycles. The number of hydrogen-bond acceptors (Lipinski definition) is 1. The number of ether oxygens (including phenoxy) is 1. The van der Waals surface area contributed by atoms with Crippen LogP contribution in [0.3, 0.4) is 0 Å². The Morgan fingerprint density at radius 1 is 1.27 bits per heavy atom. The van der Waals surface area contributed by atoms with Crippen molar-refractivity contribution in [2.24, 2.45) is 5.92 Å². The van der Waals surface area contributed by atoms with E-state index in [0.29, 0.717) is 6.10 Å². The second-order valence-electron chi connectivity index (χ2n) is 4.77. The van der Waals surface area contributed by atoms with Crippen LogP contribution in [0.25, 0.3) is 6.08 Å². The Balaban J connectivity index is 1.65. The SMILES string of the molecule is CC1(C2CC2)OC1C=Cc1ccccc1. The van der Waals surface area contributed by atoms with Gasteiger partial charge < -0.3 is 4.74 Å². The molecule has 3 rings (SSSR count). The lowest BCUT2D eigenvalue weighted by Crippen LogP contribution is -2.10. The van der Waals surface area contributed by atoms with Crippen molar-refractivity contribution in [1.29, 1.82) is 0 Å². The van der Waals surface area contributed by atoms with Gasteiger partial charge in [-0.15, -0.1) is 0 Å². The monoisotopic (exact) mass is 200 g/mol. The average Bonchev–Trinajstić information content (AvgIpc) is 3.11. The molecule has 2 unspecified atom stereocenters. The van der Waals surface area contributed by atoms with Crippen LogP contribution in [0, 0.1) is 5.92 Å². The molecule has 15 heavy (non-hydrogen) atoms. The second kappa shape index (κ2) is 3.21. The van der Waals surface area contributed by atoms with E-state index in [1.54, 1.807) is 0 Å². The van der Waals surface area contributed by atoms with Crippen LogP contribution in [0.4, 0.5) is 0 Å². The van der Waals surface area contributed by atoms with Gasteiger partial charge in [0.2, 0.25) is 0 Å². The van der Waals surface area contributed by atoms with E-state index in [2.05, 4.69) is 43.3 Å². The highest BCUT2D eigenvalue weighted by molar-refractivity contribution is 5.50. The van der Waals surface area contributed by atoms with Crippen molar-refractivity contribution in [1.82, 2.24) is 0 Å². The number of benzene rings is 1. The maximum atomic E-state index is 5.76. The molecule has 0 radical (unpaired) electrons. The standard InChI is InChI=1S/C14H16O/c1-14(12-8-9-12)13(15-14)10-7-11-5-3-2-4-6-11/h2-7,10,12-13H,8-9H2,1H3. The first-order chi connectivity index (χ1) is 7.29. The van der Waals surface area contributed by atoms with Crippen molar-refractivity contribution in [3.8, 4) is 0 Å². The quantitative estimate of drug-likeness (QED) is 0.682. The van der Waals surface area contributed by atoms with Gasteiger partial charge >= 0.3 is 0 Å². The molecule has 2 fully saturated rings. The van der Waals surface area contributed by atoms with Gasteiger partial charge in [0.05, 0.1) is 5.60 Å². The summed E-state index contributed by atoms with van der Waals surface area (Å²) in [5, 5.41) is 0. The van der Waals surface area contributed by atoms with Crippen molar-refractivity contribution >= 4 is 6.08 Å². The van der Waals surface area contributed by atoms with Gasteiger partial charge in [-0.2, -0.15) is 0 Å². The van der Waals surface area contributed by atoms with Crippen LogP contribution in [0.2, 0.25) is 0 Å². The molecule has 0 spiro atoms. The Morgan fingerprint density at radius 2 is 2.00 bits per heavy atom. The molecule has 0 aromatic heterocycles. The summed E-state index contributed by atoms with van der Waals surface area (Å²) >= 11 is 0. The fraction of sp³-hybridized carbons (Fsp3) is 0.429. The number of rotatable bonds is 3. The van der Waals surface area contributed by atoms with Crippen LogP contribution >= 0.6 is 0 Å². The molecule has 1 nitrogen and oxygen atoms in total. The predicted molar refractivity (Wildman–Crippen MR) is 61.5 cm³/mol. The molecule has 1 heteroatoms. The van der Waals surface area contributed by atoms with Gasteiger partial charge in [0.25, 0.3) is 0 Å². The molecule has 1 aliphatic heterocycles. The molecule has 1 heterocycles. The molecule has 2 aliphatic rings. The van der Waals surface area contributed by atoms with Gasteiger partial charge in [0.15, 0.2) is 0 Å². The van der Waals surface area contributed by atoms with Crippen molar-refractivity contribution in [2.45, 2.75) is 31.5 Å². The molecule has 0 bridgehead atoms. The zero-order chi connectivity index (χ0) is 10.3. The largest absolute Gasteiger partial charge is 0.362 e. The molecule has 1 saturated carbocycles. The third-order valence-electron chi connectivity index (χ3n) is 3.54. The highest BCUT2D eigenvalue weighted by Gasteiger charge is 2.59. The fourth-order valence-electron chi connectivity index (χ4n) is 2.22. The van der Waals surface area contributed by atoms with Crippen molar-refractivity contribution in [2.75, 3.05) is 0 Å². The van der Waals surface area contributed by atoms with Gasteiger partial charge in [-0.25, -0.2) is 0 Å². The zero-order valence-electron chi connectivity index (χ0n) is 9.02. The van der Waals surface area contributed by atoms with E-state index in [1.807, 2.05) is 6.07 Å². The first-order valence-electron chi connectivity index (χ1n) is 5.70. The van der Waals surface area contributed by atoms with Gasteiger partial charge in [0, 0.05) is 0 Å². The molecule has 0 amide bonds. The Labute approximate surface area is 90.8 Å². The van der Waals surface area contributed by atoms with E-state index in [-0.39, 0.29) is 5.60 Å². The summed E-state index contributed by atoms with van der Waals surface area (Å²) < 4.78 is 5.76. The van der Waals surface area contributed by atoms with E-state index in [9.17, 15) is 0 Å². The Hall–Kier alpha value is -1.08. The minimum Gasteiger partial charge on any atom is -0.362 e. The lowest BCUT2D eigenvalue weighted by Gasteiger charge is -1.99. The summed E-state index contributed by atoms with van der Waals surface area (Å²) in [6.45, 7) is 2.24. The number of hydrogen-bond donors (Lipinski definition) is 0. The highest BCUT2D eigenvalue weighted by Crippen LogP contribution is 2.54. The van der Waals surface area contributed by atoms with E-state index in [0.717, 1.165) is 5.92 Å². The van der Waals surface area contributed by atoms with Gasteiger partial charge in [-0.05, 0) is 31.2 Å². The minimum atomic E-state index is 0.172. The third-order valence-corrected chi connectivity index (χ3v) is 3.54. The molecular formula is C14H16O. The van der Waals surface area contributed by atoms with Gasteiger partial charge in [-0.1, -0.05) is 42.5 Å². The maximum Gasteiger partial charge on any atom is 0.106 e. The Kier molecular flexibility index (Phi) is 1.96. The first kappa shape index (κ1) is 9.17. The number of epoxide rings is 1. The Bertz CT molecular complexity index is 378. The molecule has 78 valence electrons. The van der Waals surface area contributed by atoms with Crippen LogP contribution in [-0.4, -0.2) is 11.7 Å². The summed E-state index contributed by atoms with van der Waals surface area (Å²) in [5.41, 5.74) is 1.43. The normalized spacial score (nSPS) is 34.6. The van der Waals surface area contributed by atoms with E-state index < -0.39 is 0 Å². The second-order valence-corrected chi connectivity index (χ2v) is 4.77. The highest BCUT2D eigenvalue weighted by atomic mass is 16.6. The van der Waals surface area contributed by atoms with Crippen molar-refractivity contribution in [3.63, 3.8) is 0 Å². The van der Waals surface area contributed by atoms with Crippen LogP contribution in [0.5, 0.6) is 0 Å². The predicted octanol–water partition coefficient (Wildman–Crippen LogP) is 3.27. The smallest absolute Gasteiger partial charge is 0.106 e. The molecule has 1 aliphatic carbocycles. The topological polar surface area (TPSA) is 12.5 Å². The van der Waals surface area contributed by atoms with E-state index in [1.165, 1.54) is 18.4 Å². The summed E-state index contributed by atoms with van der Waals surface area (Å²) in [7, 11) is 0. The van der Waals surface area contributed by atoms with Crippen LogP contribution in [0.15, 0.2) is 36.4 Å². The van der Waals surface area contributed by atoms with Gasteiger partial charge in [-0.3, -0.25) is 0 Å². The van der Waals surface area contributed by atoms with Crippen LogP contribution in [-0.2, 0) is 4.74 Å². The average molecular weight is 200 g/mol. The maximum absolute atomic E-state index is 5.76. The Morgan fingerprint density at radius 3 is 2.67 bits per heavy atom. The fourth-order valence-corrected chi connectivity index (χ4v) is 2.22. The summed E-state index contributed by atoms with van der Waals surface area (Å²) in [6.07, 6.45) is 7.43. The third kappa shape index (κ3) is 1.72. The summed E-state index contributed by atoms with van der Waals surface area (Å²) in [4.78, 5) is 0.